The zero-order valence-electron chi connectivity index (χ0n) is 8.20. The molecule has 0 unspecified atom stereocenters. The minimum atomic E-state index is -1.68. The maximum atomic E-state index is 5.98. The predicted octanol–water partition coefficient (Wildman–Crippen LogP) is 4.86. The van der Waals surface area contributed by atoms with E-state index in [1.165, 1.54) is 0 Å². The van der Waals surface area contributed by atoms with Crippen LogP contribution in [0.15, 0.2) is 12.1 Å². The average molecular weight is 270 g/mol. The molecule has 0 spiro atoms. The largest absolute Gasteiger partial charge is 0.543 e. The van der Waals surface area contributed by atoms with E-state index in [9.17, 15) is 0 Å². The van der Waals surface area contributed by atoms with Crippen LogP contribution in [0.1, 0.15) is 0 Å². The van der Waals surface area contributed by atoms with E-state index < -0.39 is 8.32 Å². The van der Waals surface area contributed by atoms with Gasteiger partial charge < -0.3 is 4.43 Å². The quantitative estimate of drug-likeness (QED) is 0.550. The van der Waals surface area contributed by atoms with Crippen LogP contribution in [0.3, 0.4) is 0 Å². The molecule has 1 aromatic carbocycles. The molecule has 0 atom stereocenters. The highest BCUT2D eigenvalue weighted by Crippen LogP contribution is 2.36. The molecule has 0 aromatic heterocycles. The van der Waals surface area contributed by atoms with Crippen molar-refractivity contribution in [2.75, 3.05) is 0 Å². The second-order valence-corrected chi connectivity index (χ2v) is 9.56. The maximum absolute atomic E-state index is 5.98. The Hall–Kier alpha value is 0.107. The molecule has 1 aromatic rings. The van der Waals surface area contributed by atoms with E-state index in [1.807, 2.05) is 0 Å². The summed E-state index contributed by atoms with van der Waals surface area (Å²) < 4.78 is 5.73. The molecule has 0 bridgehead atoms. The van der Waals surface area contributed by atoms with Crippen LogP contribution in [0.5, 0.6) is 5.75 Å². The highest BCUT2D eigenvalue weighted by Gasteiger charge is 2.19. The normalized spacial score (nSPS) is 11.6. The molecule has 0 aliphatic heterocycles. The monoisotopic (exact) mass is 268 g/mol. The van der Waals surface area contributed by atoms with Crippen molar-refractivity contribution in [3.63, 3.8) is 0 Å². The van der Waals surface area contributed by atoms with Gasteiger partial charge in [-0.05, 0) is 31.8 Å². The SMILES string of the molecule is C[Si](C)(C)Oc1cc(Cl)cc(Cl)c1Cl. The predicted molar refractivity (Wildman–Crippen MR) is 65.4 cm³/mol. The van der Waals surface area contributed by atoms with Gasteiger partial charge in [-0.3, -0.25) is 0 Å². The van der Waals surface area contributed by atoms with Crippen molar-refractivity contribution >= 4 is 43.1 Å². The van der Waals surface area contributed by atoms with Gasteiger partial charge in [0.25, 0.3) is 0 Å². The van der Waals surface area contributed by atoms with Crippen LogP contribution in [0.4, 0.5) is 0 Å². The molecule has 78 valence electrons. The molecule has 0 aliphatic rings. The summed E-state index contributed by atoms with van der Waals surface area (Å²) in [6, 6.07) is 3.29. The topological polar surface area (TPSA) is 9.23 Å². The fourth-order valence-electron chi connectivity index (χ4n) is 0.937. The molecule has 0 saturated heterocycles. The molecule has 1 rings (SSSR count). The third kappa shape index (κ3) is 3.35. The standard InChI is InChI=1S/C9H11Cl3OSi/c1-14(2,3)13-8-5-6(10)4-7(11)9(8)12/h4-5H,1-3H3. The molecule has 1 nitrogen and oxygen atoms in total. The lowest BCUT2D eigenvalue weighted by atomic mass is 10.3. The molecular weight excluding hydrogens is 259 g/mol. The lowest BCUT2D eigenvalue weighted by Gasteiger charge is -2.20. The van der Waals surface area contributed by atoms with Crippen molar-refractivity contribution in [1.82, 2.24) is 0 Å². The van der Waals surface area contributed by atoms with Crippen molar-refractivity contribution in [3.8, 4) is 5.75 Å². The van der Waals surface area contributed by atoms with Crippen LogP contribution in [0.2, 0.25) is 34.7 Å². The third-order valence-corrected chi connectivity index (χ3v) is 3.21. The Morgan fingerprint density at radius 1 is 1.07 bits per heavy atom. The first-order chi connectivity index (χ1) is 6.29. The van der Waals surface area contributed by atoms with Gasteiger partial charge >= 0.3 is 0 Å². The second-order valence-electron chi connectivity index (χ2n) is 3.91. The minimum Gasteiger partial charge on any atom is -0.543 e. The van der Waals surface area contributed by atoms with Crippen molar-refractivity contribution in [2.24, 2.45) is 0 Å². The molecule has 0 radical (unpaired) electrons. The highest BCUT2D eigenvalue weighted by molar-refractivity contribution is 6.70. The summed E-state index contributed by atoms with van der Waals surface area (Å²) in [4.78, 5) is 0. The first kappa shape index (κ1) is 12.2. The van der Waals surface area contributed by atoms with E-state index >= 15 is 0 Å². The van der Waals surface area contributed by atoms with Gasteiger partial charge in [-0.1, -0.05) is 34.8 Å². The first-order valence-electron chi connectivity index (χ1n) is 4.13. The van der Waals surface area contributed by atoms with Crippen molar-refractivity contribution in [1.29, 1.82) is 0 Å². The number of halogens is 3. The van der Waals surface area contributed by atoms with Crippen molar-refractivity contribution < 1.29 is 4.43 Å². The van der Waals surface area contributed by atoms with Crippen LogP contribution >= 0.6 is 34.8 Å². The molecule has 0 saturated carbocycles. The van der Waals surface area contributed by atoms with Crippen LogP contribution in [0, 0.1) is 0 Å². The van der Waals surface area contributed by atoms with Crippen molar-refractivity contribution in [2.45, 2.75) is 19.6 Å². The Morgan fingerprint density at radius 2 is 1.64 bits per heavy atom. The highest BCUT2D eigenvalue weighted by atomic mass is 35.5. The number of benzene rings is 1. The summed E-state index contributed by atoms with van der Waals surface area (Å²) in [5.74, 6) is 0.573. The van der Waals surface area contributed by atoms with E-state index in [0.717, 1.165) is 0 Å². The summed E-state index contributed by atoms with van der Waals surface area (Å²) in [6.07, 6.45) is 0. The molecule has 5 heteroatoms. The average Bonchev–Trinajstić information content (AvgIpc) is 1.96. The fraction of sp³-hybridized carbons (Fsp3) is 0.333. The van der Waals surface area contributed by atoms with E-state index in [-0.39, 0.29) is 0 Å². The molecule has 0 heterocycles. The van der Waals surface area contributed by atoms with E-state index in [0.29, 0.717) is 20.8 Å². The van der Waals surface area contributed by atoms with Crippen LogP contribution in [0.25, 0.3) is 0 Å². The van der Waals surface area contributed by atoms with Crippen LogP contribution in [-0.2, 0) is 0 Å². The van der Waals surface area contributed by atoms with E-state index in [2.05, 4.69) is 19.6 Å². The summed E-state index contributed by atoms with van der Waals surface area (Å²) >= 11 is 17.7. The molecule has 0 fully saturated rings. The molecule has 0 N–H and O–H groups in total. The second kappa shape index (κ2) is 4.31. The van der Waals surface area contributed by atoms with Gasteiger partial charge in [0.1, 0.15) is 5.75 Å². The smallest absolute Gasteiger partial charge is 0.242 e. The molecule has 0 amide bonds. The summed E-state index contributed by atoms with van der Waals surface area (Å²) in [6.45, 7) is 6.20. The van der Waals surface area contributed by atoms with Gasteiger partial charge in [-0.2, -0.15) is 0 Å². The van der Waals surface area contributed by atoms with Gasteiger partial charge in [-0.25, -0.2) is 0 Å². The Labute approximate surface area is 100 Å². The lowest BCUT2D eigenvalue weighted by molar-refractivity contribution is 0.558. The van der Waals surface area contributed by atoms with Crippen LogP contribution < -0.4 is 4.43 Å². The fourth-order valence-corrected chi connectivity index (χ4v) is 2.44. The Morgan fingerprint density at radius 3 is 2.14 bits per heavy atom. The number of hydrogen-bond acceptors (Lipinski definition) is 1. The van der Waals surface area contributed by atoms with Crippen molar-refractivity contribution in [3.05, 3.63) is 27.2 Å². The summed E-state index contributed by atoms with van der Waals surface area (Å²) in [5.41, 5.74) is 0. The van der Waals surface area contributed by atoms with E-state index in [1.54, 1.807) is 12.1 Å². The first-order valence-corrected chi connectivity index (χ1v) is 8.67. The zero-order valence-corrected chi connectivity index (χ0v) is 11.5. The van der Waals surface area contributed by atoms with Crippen LogP contribution in [-0.4, -0.2) is 8.32 Å². The molecule has 0 aliphatic carbocycles. The molecular formula is C9H11Cl3OSi. The van der Waals surface area contributed by atoms with Gasteiger partial charge in [0.05, 0.1) is 10.0 Å². The number of rotatable bonds is 2. The van der Waals surface area contributed by atoms with Gasteiger partial charge in [-0.15, -0.1) is 0 Å². The third-order valence-electron chi connectivity index (χ3n) is 1.38. The number of hydrogen-bond donors (Lipinski definition) is 0. The molecule has 14 heavy (non-hydrogen) atoms. The zero-order chi connectivity index (χ0) is 10.9. The summed E-state index contributed by atoms with van der Waals surface area (Å²) in [5, 5.41) is 1.39. The van der Waals surface area contributed by atoms with Gasteiger partial charge in [0.15, 0.2) is 0 Å². The Kier molecular flexibility index (Phi) is 3.75. The Balaban J connectivity index is 3.09. The van der Waals surface area contributed by atoms with E-state index in [4.69, 9.17) is 39.2 Å². The maximum Gasteiger partial charge on any atom is 0.242 e. The summed E-state index contributed by atoms with van der Waals surface area (Å²) in [7, 11) is -1.68. The Bertz CT molecular complexity index is 347. The minimum absolute atomic E-state index is 0.424. The lowest BCUT2D eigenvalue weighted by Crippen LogP contribution is -2.29. The van der Waals surface area contributed by atoms with Gasteiger partial charge in [0, 0.05) is 5.02 Å². The van der Waals surface area contributed by atoms with Gasteiger partial charge in [0.2, 0.25) is 8.32 Å².